The Labute approximate surface area is 186 Å². The van der Waals surface area contributed by atoms with E-state index in [4.69, 9.17) is 4.74 Å². The average molecular weight is 429 g/mol. The number of amides is 1. The van der Waals surface area contributed by atoms with Crippen LogP contribution in [0, 0.1) is 19.7 Å². The third kappa shape index (κ3) is 5.40. The molecule has 5 nitrogen and oxygen atoms in total. The van der Waals surface area contributed by atoms with E-state index >= 15 is 0 Å². The van der Waals surface area contributed by atoms with Crippen LogP contribution < -0.4 is 10.1 Å². The summed E-state index contributed by atoms with van der Waals surface area (Å²) in [5.74, 6) is 0.336. The molecule has 0 radical (unpaired) electrons. The van der Waals surface area contributed by atoms with E-state index in [0.29, 0.717) is 24.4 Å². The minimum absolute atomic E-state index is 0.223. The molecule has 32 heavy (non-hydrogen) atoms. The summed E-state index contributed by atoms with van der Waals surface area (Å²) < 4.78 is 20.7. The highest BCUT2D eigenvalue weighted by Gasteiger charge is 2.09. The summed E-state index contributed by atoms with van der Waals surface area (Å²) in [6.45, 7) is 4.93. The second-order valence-electron chi connectivity index (χ2n) is 7.77. The van der Waals surface area contributed by atoms with E-state index in [1.807, 2.05) is 44.2 Å². The molecular weight excluding hydrogens is 405 g/mol. The van der Waals surface area contributed by atoms with E-state index < -0.39 is 0 Å². The fourth-order valence-corrected chi connectivity index (χ4v) is 3.42. The van der Waals surface area contributed by atoms with Crippen molar-refractivity contribution in [3.05, 3.63) is 113 Å². The molecule has 0 aliphatic rings. The number of aryl methyl sites for hydroxylation is 2. The number of ether oxygens (including phenoxy) is 1. The van der Waals surface area contributed by atoms with Crippen molar-refractivity contribution in [2.75, 3.05) is 5.32 Å². The second kappa shape index (κ2) is 9.47. The number of hydrogen-bond acceptors (Lipinski definition) is 3. The first-order chi connectivity index (χ1) is 15.5. The number of anilines is 1. The normalized spacial score (nSPS) is 10.7. The summed E-state index contributed by atoms with van der Waals surface area (Å²) in [6.07, 6.45) is 3.34. The van der Waals surface area contributed by atoms with Crippen LogP contribution in [0.2, 0.25) is 0 Å². The van der Waals surface area contributed by atoms with Gasteiger partial charge in [0.1, 0.15) is 18.2 Å². The maximum atomic E-state index is 13.1. The lowest BCUT2D eigenvalue weighted by Crippen LogP contribution is -2.12. The Kier molecular flexibility index (Phi) is 6.31. The highest BCUT2D eigenvalue weighted by molar-refractivity contribution is 6.04. The third-order valence-corrected chi connectivity index (χ3v) is 5.06. The van der Waals surface area contributed by atoms with Crippen LogP contribution in [0.3, 0.4) is 0 Å². The molecule has 0 fully saturated rings. The minimum atomic E-state index is -0.274. The van der Waals surface area contributed by atoms with Gasteiger partial charge >= 0.3 is 0 Å². The number of nitrogens with zero attached hydrogens (tertiary/aromatic N) is 2. The molecule has 1 N–H and O–H groups in total. The Balaban J connectivity index is 1.37. The van der Waals surface area contributed by atoms with Gasteiger partial charge in [-0.25, -0.2) is 4.39 Å². The Hall–Kier alpha value is -3.93. The van der Waals surface area contributed by atoms with Gasteiger partial charge in [0.2, 0.25) is 0 Å². The zero-order valence-corrected chi connectivity index (χ0v) is 18.0. The summed E-state index contributed by atoms with van der Waals surface area (Å²) >= 11 is 0. The van der Waals surface area contributed by atoms with Gasteiger partial charge in [0.05, 0.1) is 18.4 Å². The predicted octanol–water partition coefficient (Wildman–Crippen LogP) is 5.52. The summed E-state index contributed by atoms with van der Waals surface area (Å²) in [6, 6.07) is 19.7. The number of carbonyl (C=O) groups excluding carboxylic acids is 1. The zero-order chi connectivity index (χ0) is 22.5. The minimum Gasteiger partial charge on any atom is -0.489 e. The molecule has 1 heterocycles. The molecule has 0 saturated heterocycles. The van der Waals surface area contributed by atoms with Crippen molar-refractivity contribution in [3.8, 4) is 5.75 Å². The fraction of sp³-hybridized carbons (Fsp3) is 0.154. The topological polar surface area (TPSA) is 56.1 Å². The van der Waals surface area contributed by atoms with E-state index in [1.54, 1.807) is 35.3 Å². The lowest BCUT2D eigenvalue weighted by atomic mass is 10.1. The number of nitrogens with one attached hydrogen (secondary N) is 1. The smallest absolute Gasteiger partial charge is 0.255 e. The van der Waals surface area contributed by atoms with E-state index in [0.717, 1.165) is 22.4 Å². The number of halogens is 1. The Bertz CT molecular complexity index is 1230. The largest absolute Gasteiger partial charge is 0.489 e. The number of carbonyl (C=O) groups is 1. The van der Waals surface area contributed by atoms with Crippen molar-refractivity contribution >= 4 is 11.6 Å². The van der Waals surface area contributed by atoms with Crippen LogP contribution in [0.4, 0.5) is 10.1 Å². The SMILES string of the molecule is Cc1ccc(OCc2cccc(C(=O)Nc3cnn(Cc4ccc(F)cc4)c3)c2)c(C)c1. The standard InChI is InChI=1S/C26H24FN3O2/c1-18-6-11-25(19(2)12-18)32-17-21-4-3-5-22(13-21)26(31)29-24-14-28-30(16-24)15-20-7-9-23(27)10-8-20/h3-14,16H,15,17H2,1-2H3,(H,29,31). The molecule has 0 aliphatic carbocycles. The van der Waals surface area contributed by atoms with E-state index in [2.05, 4.69) is 16.5 Å². The molecule has 3 aromatic carbocycles. The van der Waals surface area contributed by atoms with Gasteiger partial charge in [-0.2, -0.15) is 5.10 Å². The summed E-state index contributed by atoms with van der Waals surface area (Å²) in [5, 5.41) is 7.13. The highest BCUT2D eigenvalue weighted by atomic mass is 19.1. The van der Waals surface area contributed by atoms with Crippen LogP contribution in [0.15, 0.2) is 79.1 Å². The fourth-order valence-electron chi connectivity index (χ4n) is 3.42. The molecule has 4 aromatic rings. The van der Waals surface area contributed by atoms with Gasteiger partial charge in [-0.15, -0.1) is 0 Å². The first-order valence-electron chi connectivity index (χ1n) is 10.3. The summed E-state index contributed by atoms with van der Waals surface area (Å²) in [7, 11) is 0. The number of rotatable bonds is 7. The Morgan fingerprint density at radius 3 is 2.62 bits per heavy atom. The molecule has 0 bridgehead atoms. The maximum Gasteiger partial charge on any atom is 0.255 e. The average Bonchev–Trinajstić information content (AvgIpc) is 3.21. The van der Waals surface area contributed by atoms with Crippen molar-refractivity contribution < 1.29 is 13.9 Å². The predicted molar refractivity (Wildman–Crippen MR) is 122 cm³/mol. The highest BCUT2D eigenvalue weighted by Crippen LogP contribution is 2.20. The molecule has 0 atom stereocenters. The lowest BCUT2D eigenvalue weighted by Gasteiger charge is -2.11. The van der Waals surface area contributed by atoms with Gasteiger partial charge in [-0.05, 0) is 60.9 Å². The maximum absolute atomic E-state index is 13.1. The van der Waals surface area contributed by atoms with Crippen molar-refractivity contribution in [2.24, 2.45) is 0 Å². The number of benzene rings is 3. The van der Waals surface area contributed by atoms with Gasteiger partial charge < -0.3 is 10.1 Å². The zero-order valence-electron chi connectivity index (χ0n) is 18.0. The first kappa shape index (κ1) is 21.3. The molecular formula is C26H24FN3O2. The van der Waals surface area contributed by atoms with Gasteiger partial charge in [0.15, 0.2) is 0 Å². The van der Waals surface area contributed by atoms with Crippen LogP contribution in [0.5, 0.6) is 5.75 Å². The van der Waals surface area contributed by atoms with Crippen molar-refractivity contribution in [2.45, 2.75) is 27.0 Å². The summed E-state index contributed by atoms with van der Waals surface area (Å²) in [4.78, 5) is 12.7. The van der Waals surface area contributed by atoms with Crippen LogP contribution in [0.25, 0.3) is 0 Å². The molecule has 162 valence electrons. The lowest BCUT2D eigenvalue weighted by molar-refractivity contribution is 0.102. The van der Waals surface area contributed by atoms with Gasteiger partial charge in [-0.3, -0.25) is 9.48 Å². The second-order valence-corrected chi connectivity index (χ2v) is 7.77. The Morgan fingerprint density at radius 2 is 1.84 bits per heavy atom. The summed E-state index contributed by atoms with van der Waals surface area (Å²) in [5.41, 5.74) is 5.23. The molecule has 4 rings (SSSR count). The van der Waals surface area contributed by atoms with Crippen LogP contribution in [0.1, 0.15) is 32.6 Å². The van der Waals surface area contributed by atoms with Gasteiger partial charge in [0.25, 0.3) is 5.91 Å². The third-order valence-electron chi connectivity index (χ3n) is 5.06. The molecule has 0 aliphatic heterocycles. The van der Waals surface area contributed by atoms with Gasteiger partial charge in [0, 0.05) is 11.8 Å². The van der Waals surface area contributed by atoms with Crippen molar-refractivity contribution in [3.63, 3.8) is 0 Å². The molecule has 0 unspecified atom stereocenters. The number of hydrogen-bond donors (Lipinski definition) is 1. The Morgan fingerprint density at radius 1 is 1.03 bits per heavy atom. The van der Waals surface area contributed by atoms with Crippen molar-refractivity contribution in [1.82, 2.24) is 9.78 Å². The molecule has 6 heteroatoms. The van der Waals surface area contributed by atoms with Crippen LogP contribution >= 0.6 is 0 Å². The number of aromatic nitrogens is 2. The van der Waals surface area contributed by atoms with E-state index in [1.165, 1.54) is 17.7 Å². The first-order valence-corrected chi connectivity index (χ1v) is 10.3. The van der Waals surface area contributed by atoms with E-state index in [9.17, 15) is 9.18 Å². The van der Waals surface area contributed by atoms with Crippen LogP contribution in [-0.2, 0) is 13.2 Å². The van der Waals surface area contributed by atoms with Gasteiger partial charge in [-0.1, -0.05) is 42.0 Å². The molecule has 1 amide bonds. The molecule has 0 saturated carbocycles. The monoisotopic (exact) mass is 429 g/mol. The molecule has 1 aromatic heterocycles. The van der Waals surface area contributed by atoms with Crippen molar-refractivity contribution in [1.29, 1.82) is 0 Å². The quantitative estimate of drug-likeness (QED) is 0.421. The molecule has 0 spiro atoms. The van der Waals surface area contributed by atoms with Crippen LogP contribution in [-0.4, -0.2) is 15.7 Å². The van der Waals surface area contributed by atoms with E-state index in [-0.39, 0.29) is 11.7 Å².